The number of nitrogens with one attached hydrogen (secondary N) is 1. The molecule has 1 N–H and O–H groups in total. The maximum absolute atomic E-state index is 13.2. The average molecular weight is 450 g/mol. The summed E-state index contributed by atoms with van der Waals surface area (Å²) in [6.45, 7) is 2.68. The zero-order chi connectivity index (χ0) is 23.2. The first-order valence-electron chi connectivity index (χ1n) is 11.7. The average Bonchev–Trinajstić information content (AvgIpc) is 2.93. The van der Waals surface area contributed by atoms with E-state index in [1.165, 1.54) is 24.9 Å². The minimum absolute atomic E-state index is 0.202. The second-order valence-corrected chi connectivity index (χ2v) is 8.45. The Labute approximate surface area is 199 Å². The first-order chi connectivity index (χ1) is 16.8. The van der Waals surface area contributed by atoms with E-state index in [9.17, 15) is 4.79 Å². The topological polar surface area (TPSA) is 71.0 Å². The van der Waals surface area contributed by atoms with Crippen LogP contribution in [0, 0.1) is 0 Å². The number of hydrogen-bond acceptors (Lipinski definition) is 5. The van der Waals surface area contributed by atoms with E-state index >= 15 is 0 Å². The number of pyridine rings is 1. The monoisotopic (exact) mass is 449 g/mol. The molecule has 0 saturated carbocycles. The molecule has 1 saturated heterocycles. The Kier molecular flexibility index (Phi) is 6.56. The number of aromatic nitrogens is 3. The van der Waals surface area contributed by atoms with Gasteiger partial charge in [-0.2, -0.15) is 0 Å². The van der Waals surface area contributed by atoms with Crippen molar-refractivity contribution in [1.29, 1.82) is 0 Å². The summed E-state index contributed by atoms with van der Waals surface area (Å²) in [6, 6.07) is 21.9. The first-order valence-corrected chi connectivity index (χ1v) is 11.7. The predicted molar refractivity (Wildman–Crippen MR) is 134 cm³/mol. The van der Waals surface area contributed by atoms with Gasteiger partial charge in [0.15, 0.2) is 5.82 Å². The van der Waals surface area contributed by atoms with Crippen LogP contribution in [0.25, 0.3) is 22.6 Å². The number of piperidine rings is 1. The van der Waals surface area contributed by atoms with Crippen molar-refractivity contribution in [3.63, 3.8) is 0 Å². The molecule has 34 heavy (non-hydrogen) atoms. The summed E-state index contributed by atoms with van der Waals surface area (Å²) in [5.74, 6) is 0.379. The van der Waals surface area contributed by atoms with Gasteiger partial charge in [0.2, 0.25) is 0 Å². The molecule has 1 fully saturated rings. The fourth-order valence-corrected chi connectivity index (χ4v) is 4.26. The van der Waals surface area contributed by atoms with Gasteiger partial charge >= 0.3 is 0 Å². The number of carbonyl (C=O) groups is 1. The molecular formula is C28H27N5O. The Morgan fingerprint density at radius 1 is 0.853 bits per heavy atom. The third kappa shape index (κ3) is 4.96. The maximum atomic E-state index is 13.2. The Balaban J connectivity index is 1.35. The van der Waals surface area contributed by atoms with Crippen LogP contribution in [0.15, 0.2) is 85.3 Å². The van der Waals surface area contributed by atoms with E-state index in [0.717, 1.165) is 29.8 Å². The van der Waals surface area contributed by atoms with Crippen molar-refractivity contribution in [3.8, 4) is 22.6 Å². The van der Waals surface area contributed by atoms with E-state index in [1.807, 2.05) is 42.5 Å². The molecule has 0 bridgehead atoms. The lowest BCUT2D eigenvalue weighted by Crippen LogP contribution is -2.29. The third-order valence-corrected chi connectivity index (χ3v) is 6.13. The number of rotatable bonds is 6. The molecule has 1 aliphatic heterocycles. The molecule has 0 unspecified atom stereocenters. The highest BCUT2D eigenvalue weighted by Crippen LogP contribution is 2.25. The molecule has 6 nitrogen and oxygen atoms in total. The van der Waals surface area contributed by atoms with Crippen LogP contribution in [-0.2, 0) is 6.54 Å². The van der Waals surface area contributed by atoms with Gasteiger partial charge in [-0.25, -0.2) is 9.97 Å². The van der Waals surface area contributed by atoms with Gasteiger partial charge in [-0.05, 0) is 49.1 Å². The quantitative estimate of drug-likeness (QED) is 0.442. The van der Waals surface area contributed by atoms with E-state index < -0.39 is 0 Å². The molecule has 0 aliphatic carbocycles. The standard InChI is InChI=1S/C28H27N5O/c34-28(31-19-21-9-11-24(12-10-21)33-17-5-2-6-18-33)25-20-30-27(23-7-3-1-4-8-23)32-26(25)22-13-15-29-16-14-22/h1,3-4,7-16,20H,2,5-6,17-19H2,(H,31,34). The van der Waals surface area contributed by atoms with Gasteiger partial charge in [-0.3, -0.25) is 9.78 Å². The molecule has 5 rings (SSSR count). The summed E-state index contributed by atoms with van der Waals surface area (Å²) in [5.41, 5.74) is 5.07. The third-order valence-electron chi connectivity index (χ3n) is 6.13. The Morgan fingerprint density at radius 2 is 1.59 bits per heavy atom. The van der Waals surface area contributed by atoms with Crippen LogP contribution in [0.3, 0.4) is 0 Å². The molecule has 2 aromatic heterocycles. The highest BCUT2D eigenvalue weighted by molar-refractivity contribution is 5.99. The summed E-state index contributed by atoms with van der Waals surface area (Å²) >= 11 is 0. The molecule has 1 aliphatic rings. The van der Waals surface area contributed by atoms with E-state index in [2.05, 4.69) is 44.5 Å². The maximum Gasteiger partial charge on any atom is 0.255 e. The lowest BCUT2D eigenvalue weighted by atomic mass is 10.1. The van der Waals surface area contributed by atoms with E-state index in [-0.39, 0.29) is 5.91 Å². The fraction of sp³-hybridized carbons (Fsp3) is 0.214. The first kappa shape index (κ1) is 21.8. The summed E-state index contributed by atoms with van der Waals surface area (Å²) in [6.07, 6.45) is 8.83. The highest BCUT2D eigenvalue weighted by atomic mass is 16.1. The molecular weight excluding hydrogens is 422 g/mol. The Hall–Kier alpha value is -4.06. The number of nitrogens with zero attached hydrogens (tertiary/aromatic N) is 4. The molecule has 0 radical (unpaired) electrons. The lowest BCUT2D eigenvalue weighted by molar-refractivity contribution is 0.0951. The van der Waals surface area contributed by atoms with Crippen LogP contribution in [0.1, 0.15) is 35.2 Å². The van der Waals surface area contributed by atoms with Crippen LogP contribution in [0.2, 0.25) is 0 Å². The minimum Gasteiger partial charge on any atom is -0.372 e. The van der Waals surface area contributed by atoms with Gasteiger partial charge in [0.25, 0.3) is 5.91 Å². The second-order valence-electron chi connectivity index (χ2n) is 8.45. The van der Waals surface area contributed by atoms with Crippen molar-refractivity contribution in [2.45, 2.75) is 25.8 Å². The molecule has 0 atom stereocenters. The number of carbonyl (C=O) groups excluding carboxylic acids is 1. The molecule has 0 spiro atoms. The zero-order valence-corrected chi connectivity index (χ0v) is 19.0. The van der Waals surface area contributed by atoms with E-state index in [1.54, 1.807) is 18.6 Å². The largest absolute Gasteiger partial charge is 0.372 e. The van der Waals surface area contributed by atoms with Crippen LogP contribution in [-0.4, -0.2) is 33.9 Å². The summed E-state index contributed by atoms with van der Waals surface area (Å²) in [4.78, 5) is 28.9. The van der Waals surface area contributed by atoms with Crippen LogP contribution >= 0.6 is 0 Å². The van der Waals surface area contributed by atoms with Crippen LogP contribution < -0.4 is 10.2 Å². The Bertz CT molecular complexity index is 1240. The van der Waals surface area contributed by atoms with Crippen molar-refractivity contribution < 1.29 is 4.79 Å². The lowest BCUT2D eigenvalue weighted by Gasteiger charge is -2.28. The van der Waals surface area contributed by atoms with Gasteiger partial charge in [-0.1, -0.05) is 42.5 Å². The van der Waals surface area contributed by atoms with Gasteiger partial charge in [0, 0.05) is 55.0 Å². The van der Waals surface area contributed by atoms with E-state index in [4.69, 9.17) is 4.98 Å². The van der Waals surface area contributed by atoms with E-state index in [0.29, 0.717) is 23.6 Å². The van der Waals surface area contributed by atoms with Crippen molar-refractivity contribution >= 4 is 11.6 Å². The number of amides is 1. The van der Waals surface area contributed by atoms with Crippen molar-refractivity contribution in [2.75, 3.05) is 18.0 Å². The van der Waals surface area contributed by atoms with Gasteiger partial charge in [0.05, 0.1) is 11.3 Å². The summed E-state index contributed by atoms with van der Waals surface area (Å²) in [7, 11) is 0. The van der Waals surface area contributed by atoms with Gasteiger partial charge in [0.1, 0.15) is 0 Å². The minimum atomic E-state index is -0.202. The Morgan fingerprint density at radius 3 is 2.32 bits per heavy atom. The summed E-state index contributed by atoms with van der Waals surface area (Å²) < 4.78 is 0. The van der Waals surface area contributed by atoms with Crippen molar-refractivity contribution in [2.24, 2.45) is 0 Å². The second kappa shape index (κ2) is 10.3. The smallest absolute Gasteiger partial charge is 0.255 e. The van der Waals surface area contributed by atoms with Gasteiger partial charge < -0.3 is 10.2 Å². The van der Waals surface area contributed by atoms with Crippen LogP contribution in [0.4, 0.5) is 5.69 Å². The van der Waals surface area contributed by atoms with Crippen molar-refractivity contribution in [1.82, 2.24) is 20.3 Å². The van der Waals surface area contributed by atoms with Gasteiger partial charge in [-0.15, -0.1) is 0 Å². The molecule has 170 valence electrons. The van der Waals surface area contributed by atoms with Crippen molar-refractivity contribution in [3.05, 3.63) is 96.4 Å². The summed E-state index contributed by atoms with van der Waals surface area (Å²) in [5, 5.41) is 3.04. The number of hydrogen-bond donors (Lipinski definition) is 1. The highest BCUT2D eigenvalue weighted by Gasteiger charge is 2.17. The zero-order valence-electron chi connectivity index (χ0n) is 19.0. The molecule has 2 aromatic carbocycles. The normalized spacial score (nSPS) is 13.5. The number of benzene rings is 2. The molecule has 1 amide bonds. The SMILES string of the molecule is O=C(NCc1ccc(N2CCCCC2)cc1)c1cnc(-c2ccccc2)nc1-c1ccncc1. The molecule has 4 aromatic rings. The number of anilines is 1. The predicted octanol–water partition coefficient (Wildman–Crippen LogP) is 5.13. The molecule has 3 heterocycles. The molecule has 6 heteroatoms. The van der Waals surface area contributed by atoms with Crippen LogP contribution in [0.5, 0.6) is 0 Å². The fourth-order valence-electron chi connectivity index (χ4n) is 4.26.